The fourth-order valence-corrected chi connectivity index (χ4v) is 2.17. The molecule has 1 heterocycles. The minimum Gasteiger partial charge on any atom is -0.508 e. The number of H-pyrrole nitrogens is 1. The Morgan fingerprint density at radius 3 is 2.61 bits per heavy atom. The number of carbonyl (C=O) groups is 1. The topological polar surface area (TPSA) is 98.0 Å². The molecule has 0 saturated heterocycles. The maximum atomic E-state index is 13.3. The van der Waals surface area contributed by atoms with Crippen LogP contribution in [0.5, 0.6) is 11.6 Å². The summed E-state index contributed by atoms with van der Waals surface area (Å²) in [5, 5.41) is 26.6. The maximum Gasteiger partial charge on any atom is 0.269 e. The highest BCUT2D eigenvalue weighted by Crippen LogP contribution is 2.35. The second kappa shape index (κ2) is 5.88. The van der Waals surface area contributed by atoms with Crippen molar-refractivity contribution in [3.8, 4) is 11.6 Å². The SMILES string of the molecule is O=C(Cc1ccc(O)cc1)N=Nc1c(O)[nH]c2ccc(F)cc12. The van der Waals surface area contributed by atoms with Crippen LogP contribution in [0.1, 0.15) is 5.56 Å². The highest BCUT2D eigenvalue weighted by atomic mass is 19.1. The van der Waals surface area contributed by atoms with Gasteiger partial charge in [-0.3, -0.25) is 4.79 Å². The van der Waals surface area contributed by atoms with Gasteiger partial charge >= 0.3 is 0 Å². The molecule has 3 rings (SSSR count). The first-order chi connectivity index (χ1) is 11.0. The largest absolute Gasteiger partial charge is 0.508 e. The van der Waals surface area contributed by atoms with Crippen molar-refractivity contribution in [2.75, 3.05) is 0 Å². The van der Waals surface area contributed by atoms with E-state index in [9.17, 15) is 19.4 Å². The van der Waals surface area contributed by atoms with Gasteiger partial charge in [-0.2, -0.15) is 0 Å². The fourth-order valence-electron chi connectivity index (χ4n) is 2.17. The van der Waals surface area contributed by atoms with Crippen LogP contribution in [0, 0.1) is 5.82 Å². The normalized spacial score (nSPS) is 11.3. The highest BCUT2D eigenvalue weighted by molar-refractivity contribution is 5.94. The summed E-state index contributed by atoms with van der Waals surface area (Å²) in [5.41, 5.74) is 1.17. The van der Waals surface area contributed by atoms with E-state index in [0.29, 0.717) is 16.5 Å². The molecular formula is C16H12FN3O3. The van der Waals surface area contributed by atoms with E-state index in [1.54, 1.807) is 12.1 Å². The van der Waals surface area contributed by atoms with Crippen molar-refractivity contribution in [1.82, 2.24) is 4.98 Å². The second-order valence-corrected chi connectivity index (χ2v) is 4.95. The smallest absolute Gasteiger partial charge is 0.269 e. The Balaban J connectivity index is 1.82. The van der Waals surface area contributed by atoms with Gasteiger partial charge in [0.2, 0.25) is 5.88 Å². The third kappa shape index (κ3) is 3.18. The average molecular weight is 313 g/mol. The van der Waals surface area contributed by atoms with Gasteiger partial charge in [-0.15, -0.1) is 10.2 Å². The summed E-state index contributed by atoms with van der Waals surface area (Å²) in [6.07, 6.45) is 0.00125. The molecule has 0 fully saturated rings. The third-order valence-electron chi connectivity index (χ3n) is 3.27. The van der Waals surface area contributed by atoms with E-state index in [-0.39, 0.29) is 23.7 Å². The van der Waals surface area contributed by atoms with Crippen LogP contribution in [0.25, 0.3) is 10.9 Å². The number of rotatable bonds is 3. The molecule has 3 N–H and O–H groups in total. The number of phenolic OH excluding ortho intramolecular Hbond substituents is 1. The van der Waals surface area contributed by atoms with E-state index < -0.39 is 11.7 Å². The molecule has 7 heteroatoms. The summed E-state index contributed by atoms with van der Waals surface area (Å²) >= 11 is 0. The number of halogens is 1. The van der Waals surface area contributed by atoms with Gasteiger partial charge in [-0.05, 0) is 35.9 Å². The van der Waals surface area contributed by atoms with Crippen molar-refractivity contribution in [2.24, 2.45) is 10.2 Å². The molecule has 23 heavy (non-hydrogen) atoms. The van der Waals surface area contributed by atoms with Gasteiger partial charge in [-0.1, -0.05) is 12.1 Å². The standard InChI is InChI=1S/C16H12FN3O3/c17-10-3-6-13-12(8-10)15(16(23)18-13)20-19-14(22)7-9-1-4-11(21)5-2-9/h1-6,8,18,21,23H,7H2. The summed E-state index contributed by atoms with van der Waals surface area (Å²) in [6.45, 7) is 0. The fraction of sp³-hybridized carbons (Fsp3) is 0.0625. The first kappa shape index (κ1) is 14.7. The lowest BCUT2D eigenvalue weighted by Gasteiger charge is -1.97. The third-order valence-corrected chi connectivity index (χ3v) is 3.27. The quantitative estimate of drug-likeness (QED) is 0.645. The van der Waals surface area contributed by atoms with E-state index >= 15 is 0 Å². The van der Waals surface area contributed by atoms with Crippen LogP contribution < -0.4 is 0 Å². The summed E-state index contributed by atoms with van der Waals surface area (Å²) in [4.78, 5) is 14.4. The molecule has 2 aromatic carbocycles. The predicted molar refractivity (Wildman–Crippen MR) is 81.3 cm³/mol. The zero-order chi connectivity index (χ0) is 16.4. The number of aromatic nitrogens is 1. The van der Waals surface area contributed by atoms with Gasteiger partial charge in [0.15, 0.2) is 5.69 Å². The molecule has 0 bridgehead atoms. The molecule has 1 amide bonds. The Morgan fingerprint density at radius 1 is 1.13 bits per heavy atom. The number of hydrogen-bond acceptors (Lipinski definition) is 4. The number of nitrogens with one attached hydrogen (secondary N) is 1. The number of fused-ring (bicyclic) bond motifs is 1. The maximum absolute atomic E-state index is 13.3. The average Bonchev–Trinajstić information content (AvgIpc) is 2.82. The molecule has 0 aliphatic carbocycles. The number of nitrogens with zero attached hydrogens (tertiary/aromatic N) is 2. The van der Waals surface area contributed by atoms with Gasteiger partial charge in [-0.25, -0.2) is 4.39 Å². The predicted octanol–water partition coefficient (Wildman–Crippen LogP) is 3.57. The van der Waals surface area contributed by atoms with E-state index in [0.717, 1.165) is 0 Å². The van der Waals surface area contributed by atoms with Crippen molar-refractivity contribution in [3.05, 3.63) is 53.8 Å². The van der Waals surface area contributed by atoms with Crippen LogP contribution >= 0.6 is 0 Å². The molecule has 3 aromatic rings. The minimum absolute atomic E-state index is 0.00125. The van der Waals surface area contributed by atoms with Crippen LogP contribution in [-0.4, -0.2) is 21.1 Å². The summed E-state index contributed by atoms with van der Waals surface area (Å²) in [7, 11) is 0. The molecule has 6 nitrogen and oxygen atoms in total. The van der Waals surface area contributed by atoms with Crippen molar-refractivity contribution >= 4 is 22.5 Å². The summed E-state index contributed by atoms with van der Waals surface area (Å²) in [5.74, 6) is -1.19. The van der Waals surface area contributed by atoms with Crippen molar-refractivity contribution < 1.29 is 19.4 Å². The number of carbonyl (C=O) groups excluding carboxylic acids is 1. The van der Waals surface area contributed by atoms with Crippen LogP contribution in [0.3, 0.4) is 0 Å². The number of hydrogen-bond donors (Lipinski definition) is 3. The lowest BCUT2D eigenvalue weighted by Crippen LogP contribution is -1.97. The van der Waals surface area contributed by atoms with Gasteiger partial charge in [0.1, 0.15) is 11.6 Å². The van der Waals surface area contributed by atoms with Gasteiger partial charge in [0.05, 0.1) is 11.9 Å². The molecule has 0 atom stereocenters. The van der Waals surface area contributed by atoms with Crippen molar-refractivity contribution in [1.29, 1.82) is 0 Å². The molecule has 0 aliphatic rings. The number of azo groups is 1. The highest BCUT2D eigenvalue weighted by Gasteiger charge is 2.12. The monoisotopic (exact) mass is 313 g/mol. The van der Waals surface area contributed by atoms with E-state index in [4.69, 9.17) is 0 Å². The zero-order valence-corrected chi connectivity index (χ0v) is 11.8. The van der Waals surface area contributed by atoms with Crippen LogP contribution in [-0.2, 0) is 11.2 Å². The van der Waals surface area contributed by atoms with Gasteiger partial charge < -0.3 is 15.2 Å². The molecule has 1 aromatic heterocycles. The Labute approximate surface area is 129 Å². The van der Waals surface area contributed by atoms with Crippen molar-refractivity contribution in [3.63, 3.8) is 0 Å². The molecule has 116 valence electrons. The number of aromatic amines is 1. The van der Waals surface area contributed by atoms with Crippen LogP contribution in [0.15, 0.2) is 52.7 Å². The molecule has 0 spiro atoms. The molecule has 0 aliphatic heterocycles. The van der Waals surface area contributed by atoms with Gasteiger partial charge in [0.25, 0.3) is 5.91 Å². The Kier molecular flexibility index (Phi) is 3.76. The first-order valence-corrected chi connectivity index (χ1v) is 6.75. The Morgan fingerprint density at radius 2 is 1.87 bits per heavy atom. The number of aromatic hydroxyl groups is 2. The molecule has 0 unspecified atom stereocenters. The number of phenols is 1. The zero-order valence-electron chi connectivity index (χ0n) is 11.8. The lowest BCUT2D eigenvalue weighted by molar-refractivity contribution is -0.117. The molecular weight excluding hydrogens is 301 g/mol. The van der Waals surface area contributed by atoms with E-state index in [1.165, 1.54) is 30.3 Å². The lowest BCUT2D eigenvalue weighted by atomic mass is 10.1. The minimum atomic E-state index is -0.527. The second-order valence-electron chi connectivity index (χ2n) is 4.95. The van der Waals surface area contributed by atoms with Crippen LogP contribution in [0.2, 0.25) is 0 Å². The molecule has 0 radical (unpaired) electrons. The number of benzene rings is 2. The summed E-state index contributed by atoms with van der Waals surface area (Å²) in [6, 6.07) is 10.0. The summed E-state index contributed by atoms with van der Waals surface area (Å²) < 4.78 is 13.3. The van der Waals surface area contributed by atoms with E-state index in [1.807, 2.05) is 0 Å². The molecule has 0 saturated carbocycles. The Hall–Kier alpha value is -3.22. The number of amides is 1. The van der Waals surface area contributed by atoms with Gasteiger partial charge in [0, 0.05) is 5.39 Å². The van der Waals surface area contributed by atoms with E-state index in [2.05, 4.69) is 15.2 Å². The van der Waals surface area contributed by atoms with Crippen LogP contribution in [0.4, 0.5) is 10.1 Å². The van der Waals surface area contributed by atoms with Crippen molar-refractivity contribution in [2.45, 2.75) is 6.42 Å². The Bertz CT molecular complexity index is 901. The first-order valence-electron chi connectivity index (χ1n) is 6.75.